The van der Waals surface area contributed by atoms with Gasteiger partial charge in [0.2, 0.25) is 0 Å². The summed E-state index contributed by atoms with van der Waals surface area (Å²) in [5, 5.41) is 11.1. The van der Waals surface area contributed by atoms with Crippen LogP contribution in [0.25, 0.3) is 0 Å². The van der Waals surface area contributed by atoms with Gasteiger partial charge >= 0.3 is 0 Å². The lowest BCUT2D eigenvalue weighted by molar-refractivity contribution is -0.386. The lowest BCUT2D eigenvalue weighted by Gasteiger charge is -2.35. The Morgan fingerprint density at radius 1 is 1.26 bits per heavy atom. The van der Waals surface area contributed by atoms with E-state index in [9.17, 15) is 14.5 Å². The minimum atomic E-state index is -0.505. The van der Waals surface area contributed by atoms with E-state index in [0.717, 1.165) is 52.4 Å². The van der Waals surface area contributed by atoms with Crippen molar-refractivity contribution >= 4 is 5.69 Å². The predicted molar refractivity (Wildman–Crippen MR) is 83.7 cm³/mol. The Bertz CT molecular complexity index is 556. The van der Waals surface area contributed by atoms with E-state index in [1.807, 2.05) is 0 Å². The van der Waals surface area contributed by atoms with Crippen LogP contribution in [0.2, 0.25) is 0 Å². The van der Waals surface area contributed by atoms with Gasteiger partial charge in [-0.1, -0.05) is 6.07 Å². The zero-order valence-electron chi connectivity index (χ0n) is 13.1. The highest BCUT2D eigenvalue weighted by Gasteiger charge is 2.25. The zero-order chi connectivity index (χ0) is 16.2. The number of nitrogens with zero attached hydrogens (tertiary/aromatic N) is 3. The summed E-state index contributed by atoms with van der Waals surface area (Å²) < 4.78 is 19.4. The molecule has 0 aromatic heterocycles. The summed E-state index contributed by atoms with van der Waals surface area (Å²) in [6.45, 7) is 6.50. The molecule has 0 aliphatic carbocycles. The fourth-order valence-corrected chi connectivity index (χ4v) is 3.32. The summed E-state index contributed by atoms with van der Waals surface area (Å²) in [7, 11) is 0. The van der Waals surface area contributed by atoms with Crippen molar-refractivity contribution in [3.8, 4) is 0 Å². The first kappa shape index (κ1) is 16.3. The largest absolute Gasteiger partial charge is 0.381 e. The van der Waals surface area contributed by atoms with Crippen LogP contribution < -0.4 is 0 Å². The molecular weight excluding hydrogens is 301 g/mol. The van der Waals surface area contributed by atoms with Crippen LogP contribution in [0, 0.1) is 21.8 Å². The molecule has 126 valence electrons. The summed E-state index contributed by atoms with van der Waals surface area (Å²) in [5.74, 6) is 0.124. The molecular formula is C16H22FN3O3. The summed E-state index contributed by atoms with van der Waals surface area (Å²) in [6.07, 6.45) is 1.13. The molecule has 0 N–H and O–H groups in total. The van der Waals surface area contributed by atoms with Gasteiger partial charge in [-0.3, -0.25) is 15.0 Å². The van der Waals surface area contributed by atoms with Crippen LogP contribution in [0.1, 0.15) is 12.0 Å². The maximum Gasteiger partial charge on any atom is 0.276 e. The second-order valence-corrected chi connectivity index (χ2v) is 6.30. The van der Waals surface area contributed by atoms with Gasteiger partial charge in [0.25, 0.3) is 5.69 Å². The number of nitro groups is 1. The summed E-state index contributed by atoms with van der Waals surface area (Å²) in [5.41, 5.74) is 0.0608. The van der Waals surface area contributed by atoms with E-state index in [1.165, 1.54) is 18.2 Å². The Hall–Kier alpha value is -1.57. The van der Waals surface area contributed by atoms with E-state index in [4.69, 9.17) is 4.74 Å². The first-order valence-electron chi connectivity index (χ1n) is 8.07. The van der Waals surface area contributed by atoms with Crippen molar-refractivity contribution in [3.63, 3.8) is 0 Å². The van der Waals surface area contributed by atoms with Crippen LogP contribution in [-0.4, -0.2) is 60.7 Å². The van der Waals surface area contributed by atoms with Crippen molar-refractivity contribution in [3.05, 3.63) is 39.7 Å². The number of hydrogen-bond donors (Lipinski definition) is 0. The van der Waals surface area contributed by atoms with E-state index in [1.54, 1.807) is 0 Å². The Morgan fingerprint density at radius 2 is 2.00 bits per heavy atom. The fraction of sp³-hybridized carbons (Fsp3) is 0.625. The van der Waals surface area contributed by atoms with Gasteiger partial charge in [-0.2, -0.15) is 0 Å². The molecule has 1 aromatic rings. The van der Waals surface area contributed by atoms with Crippen molar-refractivity contribution in [1.29, 1.82) is 0 Å². The number of nitro benzene ring substituents is 1. The van der Waals surface area contributed by atoms with Crippen molar-refractivity contribution in [2.45, 2.75) is 13.0 Å². The van der Waals surface area contributed by atoms with Crippen LogP contribution in [0.5, 0.6) is 0 Å². The number of hydrogen-bond acceptors (Lipinski definition) is 5. The maximum atomic E-state index is 14.0. The first-order chi connectivity index (χ1) is 11.1. The first-order valence-corrected chi connectivity index (χ1v) is 8.07. The molecule has 6 nitrogen and oxygen atoms in total. The van der Waals surface area contributed by atoms with E-state index in [0.29, 0.717) is 12.5 Å². The lowest BCUT2D eigenvalue weighted by Crippen LogP contribution is -2.47. The lowest BCUT2D eigenvalue weighted by atomic mass is 10.1. The van der Waals surface area contributed by atoms with Crippen molar-refractivity contribution in [2.75, 3.05) is 45.9 Å². The molecule has 2 aliphatic rings. The molecule has 3 rings (SSSR count). The van der Waals surface area contributed by atoms with E-state index >= 15 is 0 Å². The average Bonchev–Trinajstić information content (AvgIpc) is 3.04. The molecule has 1 unspecified atom stereocenters. The number of benzene rings is 1. The van der Waals surface area contributed by atoms with E-state index in [-0.39, 0.29) is 11.3 Å². The van der Waals surface area contributed by atoms with E-state index < -0.39 is 10.7 Å². The molecule has 0 saturated carbocycles. The predicted octanol–water partition coefficient (Wildman–Crippen LogP) is 1.89. The van der Waals surface area contributed by atoms with Crippen molar-refractivity contribution in [2.24, 2.45) is 5.92 Å². The minimum Gasteiger partial charge on any atom is -0.381 e. The van der Waals surface area contributed by atoms with Gasteiger partial charge in [0.1, 0.15) is 5.82 Å². The van der Waals surface area contributed by atoms with Gasteiger partial charge in [-0.25, -0.2) is 4.39 Å². The van der Waals surface area contributed by atoms with Gasteiger partial charge in [-0.05, 0) is 18.4 Å². The SMILES string of the molecule is O=[N+]([O-])c1cccc(F)c1CN1CCN(CC2CCOC2)CC1. The van der Waals surface area contributed by atoms with Gasteiger partial charge in [0, 0.05) is 51.9 Å². The smallest absolute Gasteiger partial charge is 0.276 e. The van der Waals surface area contributed by atoms with Crippen molar-refractivity contribution in [1.82, 2.24) is 9.80 Å². The van der Waals surface area contributed by atoms with Crippen LogP contribution >= 0.6 is 0 Å². The average molecular weight is 323 g/mol. The molecule has 2 saturated heterocycles. The summed E-state index contributed by atoms with van der Waals surface area (Å²) >= 11 is 0. The molecule has 23 heavy (non-hydrogen) atoms. The fourth-order valence-electron chi connectivity index (χ4n) is 3.32. The highest BCUT2D eigenvalue weighted by Crippen LogP contribution is 2.24. The molecule has 1 aromatic carbocycles. The van der Waals surface area contributed by atoms with Crippen LogP contribution in [-0.2, 0) is 11.3 Å². The molecule has 0 bridgehead atoms. The molecule has 0 spiro atoms. The minimum absolute atomic E-state index is 0.129. The number of halogens is 1. The topological polar surface area (TPSA) is 58.9 Å². The Kier molecular flexibility index (Phi) is 5.20. The van der Waals surface area contributed by atoms with Gasteiger partial charge < -0.3 is 9.64 Å². The zero-order valence-corrected chi connectivity index (χ0v) is 13.1. The molecule has 7 heteroatoms. The highest BCUT2D eigenvalue weighted by atomic mass is 19.1. The Labute approximate surface area is 135 Å². The monoisotopic (exact) mass is 323 g/mol. The maximum absolute atomic E-state index is 14.0. The van der Waals surface area contributed by atoms with Crippen LogP contribution in [0.4, 0.5) is 10.1 Å². The number of piperazine rings is 1. The number of ether oxygens (including phenoxy) is 1. The second-order valence-electron chi connectivity index (χ2n) is 6.30. The second kappa shape index (κ2) is 7.33. The number of rotatable bonds is 5. The van der Waals surface area contributed by atoms with Gasteiger partial charge in [-0.15, -0.1) is 0 Å². The normalized spacial score (nSPS) is 23.3. The summed E-state index contributed by atoms with van der Waals surface area (Å²) in [6, 6.07) is 4.05. The van der Waals surface area contributed by atoms with Gasteiger partial charge in [0.15, 0.2) is 0 Å². The molecule has 2 aliphatic heterocycles. The molecule has 1 atom stereocenters. The Balaban J connectivity index is 1.55. The third-order valence-electron chi connectivity index (χ3n) is 4.68. The van der Waals surface area contributed by atoms with Gasteiger partial charge in [0.05, 0.1) is 17.1 Å². The third kappa shape index (κ3) is 4.04. The quantitative estimate of drug-likeness (QED) is 0.612. The highest BCUT2D eigenvalue weighted by molar-refractivity contribution is 5.40. The van der Waals surface area contributed by atoms with Crippen LogP contribution in [0.15, 0.2) is 18.2 Å². The van der Waals surface area contributed by atoms with Crippen LogP contribution in [0.3, 0.4) is 0 Å². The van der Waals surface area contributed by atoms with E-state index in [2.05, 4.69) is 9.80 Å². The Morgan fingerprint density at radius 3 is 2.65 bits per heavy atom. The standard InChI is InChI=1S/C16H22FN3O3/c17-15-2-1-3-16(20(21)22)14(15)11-19-7-5-18(6-8-19)10-13-4-9-23-12-13/h1-3,13H,4-12H2. The molecule has 2 fully saturated rings. The van der Waals surface area contributed by atoms with Crippen molar-refractivity contribution < 1.29 is 14.1 Å². The molecule has 0 radical (unpaired) electrons. The molecule has 2 heterocycles. The molecule has 0 amide bonds. The summed E-state index contributed by atoms with van der Waals surface area (Å²) in [4.78, 5) is 15.1. The third-order valence-corrected chi connectivity index (χ3v) is 4.68.